The molecule has 1 spiro atoms. The number of carbonyl (C=O) groups is 12. The average molecular weight is 1860 g/mol. The lowest BCUT2D eigenvalue weighted by Gasteiger charge is -2.33. The molecule has 5 aliphatic carbocycles. The topological polar surface area (TPSA) is 421 Å². The average Bonchev–Trinajstić information content (AvgIpc) is 1.58. The SMILES string of the molecule is C.C.C.C.C.C.CC.CCC(C)(C)C(=O)OC.CCC(C)(C)C(=O)OC.CCC(C)(C)C(=O)OC1C(=O)OC2C(O)C(O)OC12.CCC(C)(C)C(=O)OC1C(=O)OC2C3OC(C)(C)OC3OC12.CCC(C)(C)C(=O)OC1C(=O)OC2C3OC4(CCCCC4)OC3OC12.CCC(C)(C)C(=O)OC1C(=O)OC2CCCC21.O=C1OCC2C3CCC(C3)C12.O=C1OCC2CCCCC12. The molecule has 0 aromatic rings. The molecule has 11 heterocycles. The Bertz CT molecular complexity index is 3680. The van der Waals surface area contributed by atoms with Gasteiger partial charge in [0.1, 0.15) is 30.5 Å². The fourth-order valence-electron chi connectivity index (χ4n) is 17.1. The van der Waals surface area contributed by atoms with E-state index in [2.05, 4.69) is 9.47 Å². The number of aliphatic hydroxyl groups is 2. The smallest absolute Gasteiger partial charge is 0.350 e. The highest BCUT2D eigenvalue weighted by Crippen LogP contribution is 2.56. The molecule has 0 radical (unpaired) electrons. The van der Waals surface area contributed by atoms with Crippen molar-refractivity contribution in [3.8, 4) is 0 Å². The van der Waals surface area contributed by atoms with E-state index in [1.54, 1.807) is 55.4 Å². The third kappa shape index (κ3) is 27.4. The van der Waals surface area contributed by atoms with Crippen LogP contribution >= 0.6 is 0 Å². The summed E-state index contributed by atoms with van der Waals surface area (Å²) in [7, 11) is 2.83. The first-order chi connectivity index (χ1) is 58.0. The number of cyclic esters (lactones) is 2. The molecule has 0 aromatic heterocycles. The summed E-state index contributed by atoms with van der Waals surface area (Å²) < 4.78 is 101. The van der Waals surface area contributed by atoms with E-state index in [4.69, 9.17) is 80.5 Å². The first-order valence-electron chi connectivity index (χ1n) is 45.3. The molecular weight excluding hydrogens is 1690 g/mol. The fraction of sp³-hybridized carbons (Fsp3) is 0.876. The predicted molar refractivity (Wildman–Crippen MR) is 478 cm³/mol. The van der Waals surface area contributed by atoms with Crippen LogP contribution in [0, 0.1) is 73.9 Å². The Morgan fingerprint density at radius 1 is 0.369 bits per heavy atom. The molecular formula is C97H168O33. The van der Waals surface area contributed by atoms with Crippen LogP contribution in [0.15, 0.2) is 0 Å². The maximum Gasteiger partial charge on any atom is 0.350 e. The van der Waals surface area contributed by atoms with Gasteiger partial charge in [-0.2, -0.15) is 0 Å². The quantitative estimate of drug-likeness (QED) is 0.107. The molecule has 754 valence electrons. The summed E-state index contributed by atoms with van der Waals surface area (Å²) in [5, 5.41) is 18.9. The van der Waals surface area contributed by atoms with Gasteiger partial charge in [-0.3, -0.25) is 38.4 Å². The van der Waals surface area contributed by atoms with E-state index in [1.165, 1.54) is 59.2 Å². The van der Waals surface area contributed by atoms with Crippen molar-refractivity contribution in [2.75, 3.05) is 27.4 Å². The van der Waals surface area contributed by atoms with Crippen LogP contribution in [-0.4, -0.2) is 225 Å². The second kappa shape index (κ2) is 49.2. The normalized spacial score (nSPS) is 33.0. The number of carbonyl (C=O) groups excluding carboxylic acids is 12. The molecule has 11 aliphatic heterocycles. The van der Waals surface area contributed by atoms with Crippen LogP contribution in [0.1, 0.15) is 332 Å². The molecule has 130 heavy (non-hydrogen) atoms. The Kier molecular flexibility index (Phi) is 45.1. The Morgan fingerprint density at radius 3 is 1.18 bits per heavy atom. The van der Waals surface area contributed by atoms with Gasteiger partial charge in [-0.25, -0.2) is 19.2 Å². The van der Waals surface area contributed by atoms with Gasteiger partial charge < -0.3 is 100 Å². The van der Waals surface area contributed by atoms with Gasteiger partial charge in [0.15, 0.2) is 61.0 Å². The number of aliphatic hydroxyl groups excluding tert-OH is 2. The minimum atomic E-state index is -1.44. The van der Waals surface area contributed by atoms with E-state index in [-0.39, 0.29) is 109 Å². The van der Waals surface area contributed by atoms with Crippen LogP contribution in [0.5, 0.6) is 0 Å². The number of ether oxygens (including phenoxy) is 19. The summed E-state index contributed by atoms with van der Waals surface area (Å²) in [6.45, 7) is 42.1. The van der Waals surface area contributed by atoms with Gasteiger partial charge in [0.2, 0.25) is 24.4 Å². The summed E-state index contributed by atoms with van der Waals surface area (Å²) in [4.78, 5) is 140. The van der Waals surface area contributed by atoms with Crippen LogP contribution in [0.3, 0.4) is 0 Å². The van der Waals surface area contributed by atoms with Gasteiger partial charge in [0.05, 0.1) is 71.8 Å². The largest absolute Gasteiger partial charge is 0.469 e. The second-order valence-electron chi connectivity index (χ2n) is 39.1. The summed E-state index contributed by atoms with van der Waals surface area (Å²) in [6, 6.07) is 0. The number of hydrogen-bond donors (Lipinski definition) is 2. The Morgan fingerprint density at radius 2 is 0.754 bits per heavy atom. The Labute approximate surface area is 774 Å². The van der Waals surface area contributed by atoms with Gasteiger partial charge in [-0.15, -0.1) is 0 Å². The highest BCUT2D eigenvalue weighted by atomic mass is 16.9. The van der Waals surface area contributed by atoms with E-state index < -0.39 is 167 Å². The molecule has 5 saturated carbocycles. The highest BCUT2D eigenvalue weighted by Gasteiger charge is 2.68. The lowest BCUT2D eigenvalue weighted by atomic mass is 9.81. The van der Waals surface area contributed by atoms with Crippen molar-refractivity contribution in [2.24, 2.45) is 73.9 Å². The lowest BCUT2D eigenvalue weighted by Crippen LogP contribution is -2.41. The van der Waals surface area contributed by atoms with Crippen LogP contribution < -0.4 is 0 Å². The minimum absolute atomic E-state index is 0. The highest BCUT2D eigenvalue weighted by molar-refractivity contribution is 5.87. The van der Waals surface area contributed by atoms with Crippen LogP contribution in [-0.2, 0) is 148 Å². The van der Waals surface area contributed by atoms with Crippen molar-refractivity contribution in [3.63, 3.8) is 0 Å². The molecule has 24 unspecified atom stereocenters. The Hall–Kier alpha value is -6.72. The monoisotopic (exact) mass is 1860 g/mol. The van der Waals surface area contributed by atoms with Crippen molar-refractivity contribution >= 4 is 71.6 Å². The zero-order chi connectivity index (χ0) is 92.5. The number of fused-ring (bicyclic) bond motifs is 14. The zero-order valence-electron chi connectivity index (χ0n) is 77.7. The van der Waals surface area contributed by atoms with Gasteiger partial charge in [-0.05, 0) is 212 Å². The van der Waals surface area contributed by atoms with Gasteiger partial charge in [0.25, 0.3) is 0 Å². The molecule has 24 atom stereocenters. The third-order valence-electron chi connectivity index (χ3n) is 27.9. The summed E-state index contributed by atoms with van der Waals surface area (Å²) >= 11 is 0. The number of esters is 12. The molecule has 16 rings (SSSR count). The molecule has 16 fully saturated rings. The van der Waals surface area contributed by atoms with Gasteiger partial charge >= 0.3 is 71.6 Å². The first-order valence-corrected chi connectivity index (χ1v) is 45.3. The maximum atomic E-state index is 12.3. The van der Waals surface area contributed by atoms with Crippen LogP contribution in [0.2, 0.25) is 0 Å². The fourth-order valence-corrected chi connectivity index (χ4v) is 17.1. The van der Waals surface area contributed by atoms with Crippen molar-refractivity contribution in [2.45, 2.75) is 448 Å². The van der Waals surface area contributed by atoms with Crippen molar-refractivity contribution < 1.29 is 158 Å². The molecule has 33 nitrogen and oxygen atoms in total. The van der Waals surface area contributed by atoms with E-state index in [0.717, 1.165) is 76.7 Å². The first kappa shape index (κ1) is 119. The van der Waals surface area contributed by atoms with Crippen LogP contribution in [0.25, 0.3) is 0 Å². The van der Waals surface area contributed by atoms with E-state index in [1.807, 2.05) is 96.9 Å². The molecule has 33 heteroatoms. The maximum absolute atomic E-state index is 12.3. The number of methoxy groups -OCH3 is 2. The number of rotatable bonds is 16. The van der Waals surface area contributed by atoms with Crippen molar-refractivity contribution in [1.29, 1.82) is 0 Å². The Balaban J connectivity index is 0.000000511. The standard InChI is InChI=1S/C18H26O7.C15H22O7.C13H20O4.C12H18O7.C9H12O2.C8H12O2.2C7H14O2.C2H6.6CH4/c1-4-17(2,3)16(20)23-12-10-11(21-14(12)19)13-15(22-10)25-18(24-13)8-6-5-7-9-18;1-6-14(2,3)13(17)20-9-7-8(18-11(9)16)10-12(19-7)22-15(4,5)21-10;1-4-13(2,3)12(15)17-10-8-6-5-7-9(8)16-11(10)14;1-4-12(2,3)11(16)19-8-7-6(17-10(8)15)5(13)9(14)18-7;10-9-8-6-2-1-5(3-6)7(8)4-11-9;9-8-7-4-2-1-3-6(7)5-10-8;2*1-5-7(2,3)6(8)9-4;1-2;;;;;;/h10-13,15H,4-9H2,1-3H3;7-10,12H,6H2,1-5H3;8-10H,4-7H2,1-3H3;5-9,13-14H,4H2,1-3H3;5-8H,1-4H2;6-7H,1-5H2;2*5H2,1-4H3;1-2H3;6*1H4. The molecule has 2 N–H and O–H groups in total. The predicted octanol–water partition coefficient (Wildman–Crippen LogP) is 15.2. The minimum Gasteiger partial charge on any atom is -0.469 e. The zero-order valence-corrected chi connectivity index (χ0v) is 77.7. The number of hydrogen-bond acceptors (Lipinski definition) is 33. The summed E-state index contributed by atoms with van der Waals surface area (Å²) in [5.41, 5.74) is -3.21. The van der Waals surface area contributed by atoms with E-state index >= 15 is 0 Å². The van der Waals surface area contributed by atoms with Crippen LogP contribution in [0.4, 0.5) is 0 Å². The summed E-state index contributed by atoms with van der Waals surface area (Å²) in [6.07, 6.45) is 7.21. The molecule has 2 bridgehead atoms. The third-order valence-corrected chi connectivity index (χ3v) is 27.9. The molecule has 0 amide bonds. The molecule has 0 aromatic carbocycles. The lowest BCUT2D eigenvalue weighted by molar-refractivity contribution is -0.246. The summed E-state index contributed by atoms with van der Waals surface area (Å²) in [5.74, 6) is -2.13. The van der Waals surface area contributed by atoms with Gasteiger partial charge in [0, 0.05) is 30.6 Å². The van der Waals surface area contributed by atoms with Gasteiger partial charge in [-0.1, -0.05) is 119 Å². The molecule has 16 aliphatic rings. The van der Waals surface area contributed by atoms with E-state index in [9.17, 15) is 67.7 Å². The van der Waals surface area contributed by atoms with Crippen molar-refractivity contribution in [3.05, 3.63) is 0 Å². The molecule has 11 saturated heterocycles. The van der Waals surface area contributed by atoms with Crippen molar-refractivity contribution in [1.82, 2.24) is 0 Å². The second-order valence-corrected chi connectivity index (χ2v) is 39.1. The van der Waals surface area contributed by atoms with E-state index in [0.29, 0.717) is 56.0 Å².